The number of nitrogens with zero attached hydrogens (tertiary/aromatic N) is 3. The van der Waals surface area contributed by atoms with Gasteiger partial charge in [0.05, 0.1) is 0 Å². The predicted molar refractivity (Wildman–Crippen MR) is 133 cm³/mol. The van der Waals surface area contributed by atoms with E-state index in [-0.39, 0.29) is 0 Å². The van der Waals surface area contributed by atoms with Gasteiger partial charge in [-0.25, -0.2) is 9.59 Å². The van der Waals surface area contributed by atoms with Crippen LogP contribution in [-0.4, -0.2) is 88.7 Å². The van der Waals surface area contributed by atoms with Gasteiger partial charge in [-0.1, -0.05) is 60.7 Å². The third-order valence-electron chi connectivity index (χ3n) is 6.69. The number of likely N-dealkylation sites (tertiary alicyclic amines) is 1. The molecule has 7 heteroatoms. The van der Waals surface area contributed by atoms with Crippen molar-refractivity contribution in [2.45, 2.75) is 38.3 Å². The monoisotopic (exact) mass is 467 g/mol. The molecule has 2 N–H and O–H groups in total. The Kier molecular flexibility index (Phi) is 10.5. The third kappa shape index (κ3) is 8.89. The molecule has 0 saturated carbocycles. The van der Waals surface area contributed by atoms with Gasteiger partial charge in [-0.3, -0.25) is 9.80 Å². The number of piperazine rings is 1. The Hall–Kier alpha value is -2.74. The molecular formula is C27H37N3O4. The average Bonchev–Trinajstić information content (AvgIpc) is 2.87. The zero-order chi connectivity index (χ0) is 24.2. The van der Waals surface area contributed by atoms with Crippen LogP contribution < -0.4 is 0 Å². The number of hydrogen-bond donors (Lipinski definition) is 2. The largest absolute Gasteiger partial charge is 0.473 e. The minimum absolute atomic E-state index is 0.804. The van der Waals surface area contributed by atoms with Crippen LogP contribution in [0.2, 0.25) is 0 Å². The molecule has 0 aliphatic carbocycles. The molecule has 0 radical (unpaired) electrons. The van der Waals surface area contributed by atoms with Crippen LogP contribution in [0.3, 0.4) is 0 Å². The van der Waals surface area contributed by atoms with Crippen LogP contribution in [-0.2, 0) is 22.6 Å². The lowest BCUT2D eigenvalue weighted by atomic mass is 10.0. The van der Waals surface area contributed by atoms with Crippen LogP contribution in [0.4, 0.5) is 0 Å². The van der Waals surface area contributed by atoms with E-state index in [1.165, 1.54) is 82.6 Å². The van der Waals surface area contributed by atoms with E-state index in [0.717, 1.165) is 12.6 Å². The van der Waals surface area contributed by atoms with Crippen molar-refractivity contribution >= 4 is 11.9 Å². The van der Waals surface area contributed by atoms with E-state index >= 15 is 0 Å². The quantitative estimate of drug-likeness (QED) is 0.606. The fourth-order valence-corrected chi connectivity index (χ4v) is 4.79. The molecule has 184 valence electrons. The summed E-state index contributed by atoms with van der Waals surface area (Å²) in [7, 11) is 0. The summed E-state index contributed by atoms with van der Waals surface area (Å²) in [6.45, 7) is 9.87. The van der Waals surface area contributed by atoms with Crippen molar-refractivity contribution in [2.24, 2.45) is 0 Å². The SMILES string of the molecule is O=C(O)C(=O)O.c1ccc(CCCN2CCN(C3CCN(Cc4ccccc4)CC3)CC2)cc1. The molecule has 0 unspecified atom stereocenters. The van der Waals surface area contributed by atoms with Crippen LogP contribution >= 0.6 is 0 Å². The summed E-state index contributed by atoms with van der Waals surface area (Å²) in [6, 6.07) is 22.6. The highest BCUT2D eigenvalue weighted by Crippen LogP contribution is 2.20. The van der Waals surface area contributed by atoms with Gasteiger partial charge in [0.2, 0.25) is 0 Å². The van der Waals surface area contributed by atoms with Gasteiger partial charge in [0, 0.05) is 38.8 Å². The molecule has 2 aliphatic heterocycles. The Morgan fingerprint density at radius 1 is 0.706 bits per heavy atom. The maximum atomic E-state index is 9.10. The molecule has 4 rings (SSSR count). The first-order chi connectivity index (χ1) is 16.5. The summed E-state index contributed by atoms with van der Waals surface area (Å²) >= 11 is 0. The van der Waals surface area contributed by atoms with Crippen molar-refractivity contribution in [3.63, 3.8) is 0 Å². The number of hydrogen-bond acceptors (Lipinski definition) is 5. The molecule has 2 heterocycles. The predicted octanol–water partition coefficient (Wildman–Crippen LogP) is 3.06. The summed E-state index contributed by atoms with van der Waals surface area (Å²) in [5.74, 6) is -3.65. The average molecular weight is 468 g/mol. The number of aryl methyl sites for hydroxylation is 1. The lowest BCUT2D eigenvalue weighted by Crippen LogP contribution is -2.53. The maximum absolute atomic E-state index is 9.10. The topological polar surface area (TPSA) is 84.3 Å². The van der Waals surface area contributed by atoms with Gasteiger partial charge in [0.15, 0.2) is 0 Å². The second-order valence-electron chi connectivity index (χ2n) is 9.07. The molecule has 0 amide bonds. The fourth-order valence-electron chi connectivity index (χ4n) is 4.79. The van der Waals surface area contributed by atoms with Gasteiger partial charge in [0.25, 0.3) is 0 Å². The standard InChI is InChI=1S/C25H35N3.C2H2O4/c1-3-8-23(9-4-1)12-7-15-26-18-20-28(21-19-26)25-13-16-27(17-14-25)22-24-10-5-2-6-11-24;3-1(4)2(5)6/h1-6,8-11,25H,7,12-22H2;(H,3,4)(H,5,6). The second kappa shape index (κ2) is 13.8. The zero-order valence-electron chi connectivity index (χ0n) is 19.9. The Morgan fingerprint density at radius 2 is 1.24 bits per heavy atom. The first-order valence-electron chi connectivity index (χ1n) is 12.2. The van der Waals surface area contributed by atoms with E-state index in [9.17, 15) is 0 Å². The minimum Gasteiger partial charge on any atom is -0.473 e. The smallest absolute Gasteiger partial charge is 0.414 e. The molecular weight excluding hydrogens is 430 g/mol. The number of aliphatic carboxylic acids is 2. The highest BCUT2D eigenvalue weighted by atomic mass is 16.4. The second-order valence-corrected chi connectivity index (χ2v) is 9.07. The normalized spacial score (nSPS) is 18.1. The van der Waals surface area contributed by atoms with E-state index in [1.54, 1.807) is 0 Å². The van der Waals surface area contributed by atoms with Gasteiger partial charge in [0.1, 0.15) is 0 Å². The van der Waals surface area contributed by atoms with Crippen LogP contribution in [0.5, 0.6) is 0 Å². The van der Waals surface area contributed by atoms with Crippen molar-refractivity contribution in [1.82, 2.24) is 14.7 Å². The number of carboxylic acids is 2. The van der Waals surface area contributed by atoms with E-state index in [2.05, 4.69) is 75.4 Å². The lowest BCUT2D eigenvalue weighted by molar-refractivity contribution is -0.159. The minimum atomic E-state index is -1.82. The molecule has 0 aromatic heterocycles. The number of carbonyl (C=O) groups is 2. The molecule has 2 aliphatic rings. The first kappa shape index (κ1) is 25.9. The van der Waals surface area contributed by atoms with Crippen molar-refractivity contribution < 1.29 is 19.8 Å². The summed E-state index contributed by atoms with van der Waals surface area (Å²) in [5, 5.41) is 14.8. The molecule has 7 nitrogen and oxygen atoms in total. The summed E-state index contributed by atoms with van der Waals surface area (Å²) < 4.78 is 0. The zero-order valence-corrected chi connectivity index (χ0v) is 19.9. The van der Waals surface area contributed by atoms with Crippen molar-refractivity contribution in [1.29, 1.82) is 0 Å². The van der Waals surface area contributed by atoms with Gasteiger partial charge in [-0.05, 0) is 56.4 Å². The number of benzene rings is 2. The maximum Gasteiger partial charge on any atom is 0.414 e. The van der Waals surface area contributed by atoms with Gasteiger partial charge < -0.3 is 15.1 Å². The van der Waals surface area contributed by atoms with E-state index in [1.807, 2.05) is 0 Å². The Morgan fingerprint density at radius 3 is 1.76 bits per heavy atom. The summed E-state index contributed by atoms with van der Waals surface area (Å²) in [4.78, 5) is 26.3. The van der Waals surface area contributed by atoms with Crippen molar-refractivity contribution in [2.75, 3.05) is 45.8 Å². The Bertz CT molecular complexity index is 850. The van der Waals surface area contributed by atoms with Crippen molar-refractivity contribution in [3.05, 3.63) is 71.8 Å². The van der Waals surface area contributed by atoms with E-state index in [0.29, 0.717) is 0 Å². The number of piperidine rings is 1. The lowest BCUT2D eigenvalue weighted by Gasteiger charge is -2.43. The van der Waals surface area contributed by atoms with Crippen LogP contribution in [0, 0.1) is 0 Å². The van der Waals surface area contributed by atoms with E-state index < -0.39 is 11.9 Å². The summed E-state index contributed by atoms with van der Waals surface area (Å²) in [6.07, 6.45) is 5.16. The van der Waals surface area contributed by atoms with Gasteiger partial charge >= 0.3 is 11.9 Å². The molecule has 2 fully saturated rings. The van der Waals surface area contributed by atoms with Gasteiger partial charge in [-0.2, -0.15) is 0 Å². The molecule has 2 aromatic carbocycles. The van der Waals surface area contributed by atoms with Crippen molar-refractivity contribution in [3.8, 4) is 0 Å². The van der Waals surface area contributed by atoms with Crippen LogP contribution in [0.1, 0.15) is 30.4 Å². The van der Waals surface area contributed by atoms with Crippen LogP contribution in [0.15, 0.2) is 60.7 Å². The molecule has 0 spiro atoms. The highest BCUT2D eigenvalue weighted by Gasteiger charge is 2.27. The molecule has 2 saturated heterocycles. The Balaban J connectivity index is 0.000000481. The molecule has 2 aromatic rings. The number of carboxylic acid groups (broad SMARTS) is 2. The highest BCUT2D eigenvalue weighted by molar-refractivity contribution is 6.27. The van der Waals surface area contributed by atoms with E-state index in [4.69, 9.17) is 19.8 Å². The molecule has 0 bridgehead atoms. The fraction of sp³-hybridized carbons (Fsp3) is 0.481. The third-order valence-corrected chi connectivity index (χ3v) is 6.69. The van der Waals surface area contributed by atoms with Gasteiger partial charge in [-0.15, -0.1) is 0 Å². The Labute approximate surface area is 202 Å². The first-order valence-corrected chi connectivity index (χ1v) is 12.2. The molecule has 34 heavy (non-hydrogen) atoms. The van der Waals surface area contributed by atoms with Crippen LogP contribution in [0.25, 0.3) is 0 Å². The summed E-state index contributed by atoms with van der Waals surface area (Å²) in [5.41, 5.74) is 2.92. The molecule has 0 atom stereocenters. The number of rotatable bonds is 7.